The fraction of sp³-hybridized carbons (Fsp3) is 0.231. The van der Waals surface area contributed by atoms with Crippen LogP contribution in [-0.2, 0) is 0 Å². The molecular weight excluding hydrogens is 244 g/mol. The molecule has 0 unspecified atom stereocenters. The van der Waals surface area contributed by atoms with Gasteiger partial charge in [-0.15, -0.1) is 0 Å². The fourth-order valence-electron chi connectivity index (χ4n) is 1.71. The first-order valence-electron chi connectivity index (χ1n) is 6.03. The third-order valence-corrected chi connectivity index (χ3v) is 2.66. The summed E-state index contributed by atoms with van der Waals surface area (Å²) in [5.74, 6) is 0.179. The highest BCUT2D eigenvalue weighted by atomic mass is 16.3. The van der Waals surface area contributed by atoms with Gasteiger partial charge in [-0.2, -0.15) is 4.98 Å². The van der Waals surface area contributed by atoms with E-state index in [0.29, 0.717) is 18.8 Å². The number of aromatic hydroxyl groups is 1. The third kappa shape index (κ3) is 3.32. The first-order chi connectivity index (χ1) is 9.20. The van der Waals surface area contributed by atoms with Crippen molar-refractivity contribution < 1.29 is 5.11 Å². The number of phenols is 1. The molecular formula is C13H16N4O2. The van der Waals surface area contributed by atoms with E-state index >= 15 is 0 Å². The lowest BCUT2D eigenvalue weighted by molar-refractivity contribution is 0.475. The Morgan fingerprint density at radius 2 is 2.05 bits per heavy atom. The van der Waals surface area contributed by atoms with E-state index in [9.17, 15) is 9.90 Å². The monoisotopic (exact) mass is 260 g/mol. The van der Waals surface area contributed by atoms with Gasteiger partial charge in [0.25, 0.3) is 0 Å². The number of hydrogen-bond donors (Lipinski definition) is 4. The molecule has 1 aromatic carbocycles. The average molecular weight is 260 g/mol. The molecule has 0 bridgehead atoms. The summed E-state index contributed by atoms with van der Waals surface area (Å²) in [6.07, 6.45) is 2.33. The molecule has 0 saturated heterocycles. The smallest absolute Gasteiger partial charge is 0.345 e. The summed E-state index contributed by atoms with van der Waals surface area (Å²) >= 11 is 0. The summed E-state index contributed by atoms with van der Waals surface area (Å²) in [5.41, 5.74) is 7.22. The van der Waals surface area contributed by atoms with Crippen molar-refractivity contribution in [3.8, 4) is 17.0 Å². The van der Waals surface area contributed by atoms with E-state index in [1.807, 2.05) is 0 Å². The number of H-pyrrole nitrogens is 1. The molecule has 0 aliphatic heterocycles. The van der Waals surface area contributed by atoms with Crippen LogP contribution >= 0.6 is 0 Å². The summed E-state index contributed by atoms with van der Waals surface area (Å²) in [5, 5.41) is 12.5. The van der Waals surface area contributed by atoms with Gasteiger partial charge < -0.3 is 21.1 Å². The van der Waals surface area contributed by atoms with Crippen molar-refractivity contribution in [1.29, 1.82) is 0 Å². The number of aromatic amines is 1. The fourth-order valence-corrected chi connectivity index (χ4v) is 1.71. The number of benzene rings is 1. The number of aromatic nitrogens is 2. The lowest BCUT2D eigenvalue weighted by atomic mass is 10.1. The van der Waals surface area contributed by atoms with Crippen LogP contribution in [0.2, 0.25) is 0 Å². The maximum absolute atomic E-state index is 11.3. The van der Waals surface area contributed by atoms with Crippen molar-refractivity contribution >= 4 is 5.69 Å². The van der Waals surface area contributed by atoms with Gasteiger partial charge >= 0.3 is 5.69 Å². The molecule has 19 heavy (non-hydrogen) atoms. The van der Waals surface area contributed by atoms with Gasteiger partial charge in [0.1, 0.15) is 5.75 Å². The van der Waals surface area contributed by atoms with Gasteiger partial charge in [-0.3, -0.25) is 0 Å². The zero-order chi connectivity index (χ0) is 13.7. The van der Waals surface area contributed by atoms with Crippen molar-refractivity contribution in [1.82, 2.24) is 9.97 Å². The predicted molar refractivity (Wildman–Crippen MR) is 74.1 cm³/mol. The number of nitrogens with two attached hydrogens (primary N) is 1. The largest absolute Gasteiger partial charge is 0.508 e. The van der Waals surface area contributed by atoms with Gasteiger partial charge in [-0.25, -0.2) is 4.79 Å². The zero-order valence-electron chi connectivity index (χ0n) is 10.4. The van der Waals surface area contributed by atoms with Crippen LogP contribution in [0.3, 0.4) is 0 Å². The Bertz CT molecular complexity index is 592. The molecule has 0 radical (unpaired) electrons. The molecule has 1 aromatic heterocycles. The van der Waals surface area contributed by atoms with Crippen LogP contribution < -0.4 is 16.7 Å². The minimum Gasteiger partial charge on any atom is -0.508 e. The van der Waals surface area contributed by atoms with Crippen LogP contribution in [0.15, 0.2) is 35.3 Å². The maximum Gasteiger partial charge on any atom is 0.345 e. The van der Waals surface area contributed by atoms with E-state index in [-0.39, 0.29) is 5.75 Å². The molecule has 6 nitrogen and oxygen atoms in total. The Morgan fingerprint density at radius 3 is 2.74 bits per heavy atom. The van der Waals surface area contributed by atoms with Crippen molar-refractivity contribution in [2.75, 3.05) is 18.4 Å². The van der Waals surface area contributed by atoms with Crippen LogP contribution in [0.1, 0.15) is 6.42 Å². The van der Waals surface area contributed by atoms with Crippen molar-refractivity contribution in [2.24, 2.45) is 5.73 Å². The molecule has 2 aromatic rings. The van der Waals surface area contributed by atoms with Crippen molar-refractivity contribution in [2.45, 2.75) is 6.42 Å². The van der Waals surface area contributed by atoms with E-state index in [2.05, 4.69) is 15.3 Å². The van der Waals surface area contributed by atoms with Gasteiger partial charge in [0.15, 0.2) is 0 Å². The zero-order valence-corrected chi connectivity index (χ0v) is 10.4. The topological polar surface area (TPSA) is 104 Å². The highest BCUT2D eigenvalue weighted by Gasteiger charge is 2.06. The molecule has 0 saturated carbocycles. The van der Waals surface area contributed by atoms with Crippen LogP contribution in [0.5, 0.6) is 5.75 Å². The molecule has 1 heterocycles. The molecule has 0 aliphatic carbocycles. The van der Waals surface area contributed by atoms with Crippen molar-refractivity contribution in [3.05, 3.63) is 40.9 Å². The Labute approximate surface area is 110 Å². The Kier molecular flexibility index (Phi) is 4.15. The van der Waals surface area contributed by atoms with E-state index in [0.717, 1.165) is 17.7 Å². The van der Waals surface area contributed by atoms with Crippen molar-refractivity contribution in [3.63, 3.8) is 0 Å². The highest BCUT2D eigenvalue weighted by Crippen LogP contribution is 2.25. The first-order valence-corrected chi connectivity index (χ1v) is 6.03. The number of anilines is 1. The summed E-state index contributed by atoms with van der Waals surface area (Å²) < 4.78 is 0. The second-order valence-electron chi connectivity index (χ2n) is 4.09. The van der Waals surface area contributed by atoms with Crippen LogP contribution in [0.4, 0.5) is 5.69 Å². The van der Waals surface area contributed by atoms with E-state index in [1.165, 1.54) is 6.20 Å². The molecule has 0 fully saturated rings. The van der Waals surface area contributed by atoms with Gasteiger partial charge in [0.2, 0.25) is 0 Å². The average Bonchev–Trinajstić information content (AvgIpc) is 2.41. The molecule has 100 valence electrons. The number of hydrogen-bond acceptors (Lipinski definition) is 5. The number of nitrogens with zero attached hydrogens (tertiary/aromatic N) is 1. The molecule has 0 aliphatic rings. The minimum atomic E-state index is -0.410. The van der Waals surface area contributed by atoms with Gasteiger partial charge in [-0.1, -0.05) is 0 Å². The first kappa shape index (κ1) is 13.1. The lowest BCUT2D eigenvalue weighted by Crippen LogP contribution is -2.15. The quantitative estimate of drug-likeness (QED) is 0.598. The van der Waals surface area contributed by atoms with Gasteiger partial charge in [0.05, 0.1) is 17.6 Å². The summed E-state index contributed by atoms with van der Waals surface area (Å²) in [6, 6.07) is 6.60. The normalized spacial score (nSPS) is 10.4. The molecule has 0 amide bonds. The van der Waals surface area contributed by atoms with Gasteiger partial charge in [0, 0.05) is 12.1 Å². The van der Waals surface area contributed by atoms with Crippen LogP contribution in [0.25, 0.3) is 11.3 Å². The van der Waals surface area contributed by atoms with E-state index < -0.39 is 5.69 Å². The molecule has 5 N–H and O–H groups in total. The lowest BCUT2D eigenvalue weighted by Gasteiger charge is -2.10. The molecule has 2 rings (SSSR count). The molecule has 0 atom stereocenters. The SMILES string of the molecule is NCCCNc1cnc(=O)[nH]c1-c1ccc(O)cc1. The third-order valence-electron chi connectivity index (χ3n) is 2.66. The second-order valence-corrected chi connectivity index (χ2v) is 4.09. The molecule has 0 spiro atoms. The maximum atomic E-state index is 11.3. The van der Waals surface area contributed by atoms with Crippen LogP contribution in [0, 0.1) is 0 Å². The standard InChI is InChI=1S/C13H16N4O2/c14-6-1-7-15-11-8-16-13(19)17-12(11)9-2-4-10(18)5-3-9/h2-5,8,15,18H,1,6-7,14H2,(H,16,17,19). The second kappa shape index (κ2) is 6.01. The molecule has 6 heteroatoms. The summed E-state index contributed by atoms with van der Waals surface area (Å²) in [4.78, 5) is 17.8. The number of nitrogens with one attached hydrogen (secondary N) is 2. The van der Waals surface area contributed by atoms with E-state index in [1.54, 1.807) is 24.3 Å². The number of phenolic OH excluding ortho intramolecular Hbond substituents is 1. The Hall–Kier alpha value is -2.34. The van der Waals surface area contributed by atoms with Crippen LogP contribution in [-0.4, -0.2) is 28.2 Å². The summed E-state index contributed by atoms with van der Waals surface area (Å²) in [7, 11) is 0. The van der Waals surface area contributed by atoms with Gasteiger partial charge in [-0.05, 0) is 37.2 Å². The Morgan fingerprint density at radius 1 is 1.32 bits per heavy atom. The summed E-state index contributed by atoms with van der Waals surface area (Å²) in [6.45, 7) is 1.30. The number of rotatable bonds is 5. The van der Waals surface area contributed by atoms with E-state index in [4.69, 9.17) is 5.73 Å². The Balaban J connectivity index is 2.34. The predicted octanol–water partition coefficient (Wildman–Crippen LogP) is 0.903. The minimum absolute atomic E-state index is 0.179. The highest BCUT2D eigenvalue weighted by molar-refractivity contribution is 5.73.